The first-order valence-corrected chi connectivity index (χ1v) is 14.2. The Labute approximate surface area is 205 Å². The third-order valence-corrected chi connectivity index (χ3v) is 9.37. The Morgan fingerprint density at radius 2 is 1.94 bits per heavy atom. The number of thioether (sulfide) groups is 1. The third-order valence-electron chi connectivity index (χ3n) is 6.41. The number of carboxylic acids is 1. The molecule has 1 N–H and O–H groups in total. The number of fused-ring (bicyclic) bond motifs is 1. The number of rotatable bonds is 10. The van der Waals surface area contributed by atoms with Crippen molar-refractivity contribution in [1.29, 1.82) is 0 Å². The predicted octanol–water partition coefficient (Wildman–Crippen LogP) is 5.66. The van der Waals surface area contributed by atoms with E-state index >= 15 is 0 Å². The average Bonchev–Trinajstić information content (AvgIpc) is 2.90. The van der Waals surface area contributed by atoms with E-state index in [1.165, 1.54) is 31.0 Å². The van der Waals surface area contributed by atoms with E-state index in [1.807, 2.05) is 11.8 Å². The Morgan fingerprint density at radius 1 is 1.24 bits per heavy atom. The minimum Gasteiger partial charge on any atom is -0.496 e. The van der Waals surface area contributed by atoms with Crippen LogP contribution >= 0.6 is 11.8 Å². The van der Waals surface area contributed by atoms with E-state index in [2.05, 4.69) is 6.92 Å². The van der Waals surface area contributed by atoms with Crippen molar-refractivity contribution in [3.63, 3.8) is 0 Å². The Bertz CT molecular complexity index is 1120. The molecule has 2 aromatic carbocycles. The summed E-state index contributed by atoms with van der Waals surface area (Å²) in [5.74, 6) is -0.555. The fourth-order valence-corrected chi connectivity index (χ4v) is 7.43. The molecule has 0 unspecified atom stereocenters. The summed E-state index contributed by atoms with van der Waals surface area (Å²) in [6, 6.07) is 9.43. The predicted molar refractivity (Wildman–Crippen MR) is 134 cm³/mol. The molecular formula is C25H32FNO5S2. The lowest BCUT2D eigenvalue weighted by Gasteiger charge is -2.36. The van der Waals surface area contributed by atoms with Gasteiger partial charge < -0.3 is 14.7 Å². The largest absolute Gasteiger partial charge is 0.496 e. The number of ether oxygens (including phenoxy) is 1. The Hall–Kier alpha value is -2.26. The van der Waals surface area contributed by atoms with E-state index in [0.29, 0.717) is 41.4 Å². The van der Waals surface area contributed by atoms with E-state index in [4.69, 9.17) is 9.84 Å². The van der Waals surface area contributed by atoms with Crippen LogP contribution in [0.4, 0.5) is 15.8 Å². The second-order valence-corrected chi connectivity index (χ2v) is 11.7. The number of hydrogen-bond donors (Lipinski definition) is 1. The van der Waals surface area contributed by atoms with Crippen molar-refractivity contribution >= 4 is 38.9 Å². The molecule has 0 saturated carbocycles. The van der Waals surface area contributed by atoms with Gasteiger partial charge in [0.25, 0.3) is 0 Å². The molecule has 186 valence electrons. The number of unbranched alkanes of at least 4 members (excludes halogenated alkanes) is 1. The van der Waals surface area contributed by atoms with Gasteiger partial charge in [-0.1, -0.05) is 26.7 Å². The monoisotopic (exact) mass is 509 g/mol. The second-order valence-electron chi connectivity index (χ2n) is 8.80. The van der Waals surface area contributed by atoms with Crippen LogP contribution in [0.25, 0.3) is 0 Å². The number of benzene rings is 2. The third kappa shape index (κ3) is 5.86. The summed E-state index contributed by atoms with van der Waals surface area (Å²) in [6.07, 6.45) is 3.33. The smallest absolute Gasteiger partial charge is 0.313 e. The lowest BCUT2D eigenvalue weighted by atomic mass is 9.81. The van der Waals surface area contributed by atoms with Crippen molar-refractivity contribution in [2.75, 3.05) is 30.1 Å². The maximum absolute atomic E-state index is 13.8. The molecule has 1 aliphatic rings. The molecule has 34 heavy (non-hydrogen) atoms. The van der Waals surface area contributed by atoms with Gasteiger partial charge in [-0.05, 0) is 43.2 Å². The van der Waals surface area contributed by atoms with Crippen molar-refractivity contribution in [1.82, 2.24) is 0 Å². The number of sulfone groups is 1. The highest BCUT2D eigenvalue weighted by Gasteiger charge is 2.41. The van der Waals surface area contributed by atoms with Gasteiger partial charge in [-0.3, -0.25) is 4.79 Å². The van der Waals surface area contributed by atoms with Crippen molar-refractivity contribution in [3.8, 4) is 5.75 Å². The van der Waals surface area contributed by atoms with Gasteiger partial charge in [0, 0.05) is 35.0 Å². The zero-order valence-corrected chi connectivity index (χ0v) is 21.5. The van der Waals surface area contributed by atoms with Crippen LogP contribution in [0, 0.1) is 11.2 Å². The topological polar surface area (TPSA) is 83.9 Å². The van der Waals surface area contributed by atoms with Gasteiger partial charge in [-0.25, -0.2) is 12.8 Å². The summed E-state index contributed by atoms with van der Waals surface area (Å²) in [5.41, 5.74) is 1.38. The van der Waals surface area contributed by atoms with E-state index in [0.717, 1.165) is 19.3 Å². The van der Waals surface area contributed by atoms with Crippen LogP contribution in [-0.4, -0.2) is 44.7 Å². The molecule has 1 aliphatic heterocycles. The fourth-order valence-electron chi connectivity index (χ4n) is 4.49. The van der Waals surface area contributed by atoms with Crippen LogP contribution in [0.3, 0.4) is 0 Å². The van der Waals surface area contributed by atoms with Crippen molar-refractivity contribution in [3.05, 3.63) is 47.8 Å². The average molecular weight is 510 g/mol. The molecule has 0 spiro atoms. The number of nitrogens with zero attached hydrogens (tertiary/aromatic N) is 1. The summed E-state index contributed by atoms with van der Waals surface area (Å²) < 4.78 is 46.8. The molecule has 1 atom stereocenters. The number of anilines is 2. The number of halogens is 1. The van der Waals surface area contributed by atoms with Crippen molar-refractivity contribution < 1.29 is 27.4 Å². The summed E-state index contributed by atoms with van der Waals surface area (Å²) >= 11 is 1.18. The number of methoxy groups -OCH3 is 1. The molecule has 0 bridgehead atoms. The maximum atomic E-state index is 13.8. The van der Waals surface area contributed by atoms with Gasteiger partial charge in [0.2, 0.25) is 0 Å². The molecule has 2 aromatic rings. The molecule has 3 rings (SSSR count). The van der Waals surface area contributed by atoms with Gasteiger partial charge >= 0.3 is 5.97 Å². The number of carboxylic acid groups (broad SMARTS) is 1. The molecule has 9 heteroatoms. The molecule has 0 amide bonds. The van der Waals surface area contributed by atoms with E-state index < -0.39 is 21.2 Å². The lowest BCUT2D eigenvalue weighted by Crippen LogP contribution is -2.37. The van der Waals surface area contributed by atoms with Crippen LogP contribution in [0.15, 0.2) is 41.3 Å². The molecular weight excluding hydrogens is 477 g/mol. The Morgan fingerprint density at radius 3 is 2.53 bits per heavy atom. The summed E-state index contributed by atoms with van der Waals surface area (Å²) in [5, 5.41) is 8.98. The molecule has 0 radical (unpaired) electrons. The van der Waals surface area contributed by atoms with Gasteiger partial charge in [0.15, 0.2) is 9.84 Å². The van der Waals surface area contributed by atoms with E-state index in [9.17, 15) is 17.6 Å². The highest BCUT2D eigenvalue weighted by atomic mass is 32.2. The van der Waals surface area contributed by atoms with Crippen LogP contribution in [-0.2, 0) is 20.4 Å². The number of carbonyl (C=O) groups is 1. The van der Waals surface area contributed by atoms with Crippen LogP contribution in [0.2, 0.25) is 0 Å². The molecule has 0 aliphatic carbocycles. The number of aliphatic carboxylic acids is 1. The Kier molecular flexibility index (Phi) is 8.52. The van der Waals surface area contributed by atoms with Crippen molar-refractivity contribution in [2.45, 2.75) is 50.2 Å². The van der Waals surface area contributed by atoms with Crippen LogP contribution in [0.1, 0.15) is 45.1 Å². The van der Waals surface area contributed by atoms with Gasteiger partial charge in [-0.15, -0.1) is 11.8 Å². The zero-order valence-electron chi connectivity index (χ0n) is 19.8. The molecule has 0 saturated heterocycles. The molecule has 6 nitrogen and oxygen atoms in total. The van der Waals surface area contributed by atoms with E-state index in [1.54, 1.807) is 24.3 Å². The Balaban J connectivity index is 2.19. The van der Waals surface area contributed by atoms with E-state index in [-0.39, 0.29) is 22.2 Å². The first-order chi connectivity index (χ1) is 16.1. The van der Waals surface area contributed by atoms with Crippen LogP contribution < -0.4 is 9.64 Å². The molecule has 1 heterocycles. The maximum Gasteiger partial charge on any atom is 0.313 e. The highest BCUT2D eigenvalue weighted by Crippen LogP contribution is 2.46. The standard InChI is InChI=1S/C25H32FNO5S2/c1-4-6-11-25(5-2)16-27(20-9-7-19(26)8-10-20)21-13-22(32-3)18(14-33-15-24(28)29)12-23(21)34(30,31)17-25/h7-10,12-13H,4-6,11,14-17H2,1-3H3,(H,28,29)/t25-/m0/s1. The highest BCUT2D eigenvalue weighted by molar-refractivity contribution is 7.99. The first-order valence-electron chi connectivity index (χ1n) is 11.4. The van der Waals surface area contributed by atoms with Gasteiger partial charge in [0.1, 0.15) is 11.6 Å². The summed E-state index contributed by atoms with van der Waals surface area (Å²) in [6.45, 7) is 4.60. The second kappa shape index (κ2) is 11.0. The molecule has 0 fully saturated rings. The number of hydrogen-bond acceptors (Lipinski definition) is 6. The lowest BCUT2D eigenvalue weighted by molar-refractivity contribution is -0.133. The summed E-state index contributed by atoms with van der Waals surface area (Å²) in [7, 11) is -2.15. The first kappa shape index (κ1) is 26.3. The fraction of sp³-hybridized carbons (Fsp3) is 0.480. The quantitative estimate of drug-likeness (QED) is 0.442. The minimum absolute atomic E-state index is 0.0230. The zero-order chi connectivity index (χ0) is 24.9. The SMILES string of the molecule is CCCC[C@@]1(CC)CN(c2ccc(F)cc2)c2cc(OC)c(CSCC(=O)O)cc2S(=O)(=O)C1. The molecule has 0 aromatic heterocycles. The minimum atomic E-state index is -3.66. The van der Waals surface area contributed by atoms with Crippen LogP contribution in [0.5, 0.6) is 5.75 Å². The summed E-state index contributed by atoms with van der Waals surface area (Å²) in [4.78, 5) is 13.1. The van der Waals surface area contributed by atoms with Gasteiger partial charge in [0.05, 0.1) is 29.2 Å². The van der Waals surface area contributed by atoms with Gasteiger partial charge in [-0.2, -0.15) is 0 Å². The normalized spacial score (nSPS) is 19.4. The van der Waals surface area contributed by atoms with Crippen molar-refractivity contribution in [2.24, 2.45) is 5.41 Å².